The van der Waals surface area contributed by atoms with Gasteiger partial charge in [-0.3, -0.25) is 0 Å². The summed E-state index contributed by atoms with van der Waals surface area (Å²) in [5.74, 6) is 0.757. The van der Waals surface area contributed by atoms with Crippen molar-refractivity contribution in [3.63, 3.8) is 0 Å². The van der Waals surface area contributed by atoms with Crippen LogP contribution in [0.4, 0.5) is 4.39 Å². The van der Waals surface area contributed by atoms with Crippen LogP contribution in [0.1, 0.15) is 5.56 Å². The predicted octanol–water partition coefficient (Wildman–Crippen LogP) is 3.04. The number of methoxy groups -OCH3 is 1. The maximum Gasteiger partial charge on any atom is 0.165 e. The molecule has 2 aromatic carbocycles. The van der Waals surface area contributed by atoms with Gasteiger partial charge in [0.2, 0.25) is 0 Å². The highest BCUT2D eigenvalue weighted by molar-refractivity contribution is 5.29. The van der Waals surface area contributed by atoms with Crippen molar-refractivity contribution in [2.75, 3.05) is 20.8 Å². The van der Waals surface area contributed by atoms with Crippen LogP contribution >= 0.6 is 0 Å². The van der Waals surface area contributed by atoms with E-state index < -0.39 is 0 Å². The van der Waals surface area contributed by atoms with Gasteiger partial charge in [-0.2, -0.15) is 0 Å². The normalized spacial score (nSPS) is 12.0. The molecule has 1 unspecified atom stereocenters. The Morgan fingerprint density at radius 3 is 2.52 bits per heavy atom. The Balaban J connectivity index is 1.94. The number of para-hydroxylation sites is 1. The maximum atomic E-state index is 13.7. The number of halogens is 1. The Bertz CT molecular complexity index is 560. The molecular weight excluding hydrogens is 269 g/mol. The second kappa shape index (κ2) is 7.64. The summed E-state index contributed by atoms with van der Waals surface area (Å²) in [7, 11) is 3.33. The number of hydrogen-bond acceptors (Lipinski definition) is 3. The molecule has 0 aliphatic heterocycles. The third-order valence-electron chi connectivity index (χ3n) is 3.30. The van der Waals surface area contributed by atoms with Gasteiger partial charge < -0.3 is 14.8 Å². The van der Waals surface area contributed by atoms with E-state index in [1.54, 1.807) is 6.07 Å². The molecule has 0 spiro atoms. The molecule has 3 nitrogen and oxygen atoms in total. The van der Waals surface area contributed by atoms with Gasteiger partial charge in [0.1, 0.15) is 12.4 Å². The molecule has 2 rings (SSSR count). The monoisotopic (exact) mass is 289 g/mol. The number of likely N-dealkylation sites (N-methyl/N-ethyl adjacent to an activating group) is 1. The van der Waals surface area contributed by atoms with E-state index in [0.29, 0.717) is 13.0 Å². The molecule has 112 valence electrons. The lowest BCUT2D eigenvalue weighted by atomic mass is 10.1. The van der Waals surface area contributed by atoms with Crippen LogP contribution in [0, 0.1) is 5.82 Å². The third kappa shape index (κ3) is 4.46. The fraction of sp³-hybridized carbons (Fsp3) is 0.294. The predicted molar refractivity (Wildman–Crippen MR) is 81.4 cm³/mol. The number of nitrogens with one attached hydrogen (secondary N) is 1. The zero-order valence-corrected chi connectivity index (χ0v) is 12.3. The molecule has 0 aliphatic carbocycles. The Morgan fingerprint density at radius 2 is 1.90 bits per heavy atom. The maximum absolute atomic E-state index is 13.7. The fourth-order valence-corrected chi connectivity index (χ4v) is 2.08. The van der Waals surface area contributed by atoms with Crippen LogP contribution in [0.25, 0.3) is 0 Å². The quantitative estimate of drug-likeness (QED) is 0.850. The van der Waals surface area contributed by atoms with Crippen LogP contribution in [-0.4, -0.2) is 26.8 Å². The van der Waals surface area contributed by atoms with Crippen LogP contribution in [0.2, 0.25) is 0 Å². The summed E-state index contributed by atoms with van der Waals surface area (Å²) in [4.78, 5) is 0. The largest absolute Gasteiger partial charge is 0.494 e. The van der Waals surface area contributed by atoms with Gasteiger partial charge in [-0.15, -0.1) is 0 Å². The van der Waals surface area contributed by atoms with Gasteiger partial charge in [-0.25, -0.2) is 4.39 Å². The molecule has 0 aromatic heterocycles. The van der Waals surface area contributed by atoms with Gasteiger partial charge in [0.05, 0.1) is 7.11 Å². The molecule has 0 amide bonds. The molecule has 2 aromatic rings. The minimum Gasteiger partial charge on any atom is -0.494 e. The van der Waals surface area contributed by atoms with Crippen molar-refractivity contribution in [1.82, 2.24) is 5.32 Å². The molecule has 0 saturated carbocycles. The van der Waals surface area contributed by atoms with Crippen LogP contribution in [-0.2, 0) is 6.42 Å². The summed E-state index contributed by atoms with van der Waals surface area (Å²) in [6.45, 7) is 0.522. The number of benzene rings is 2. The van der Waals surface area contributed by atoms with Crippen molar-refractivity contribution in [2.24, 2.45) is 0 Å². The fourth-order valence-electron chi connectivity index (χ4n) is 2.08. The minimum absolute atomic E-state index is 0.109. The van der Waals surface area contributed by atoms with Crippen molar-refractivity contribution in [2.45, 2.75) is 12.5 Å². The zero-order chi connectivity index (χ0) is 15.1. The second-order valence-electron chi connectivity index (χ2n) is 4.78. The van der Waals surface area contributed by atoms with E-state index in [1.165, 1.54) is 13.2 Å². The average molecular weight is 289 g/mol. The zero-order valence-electron chi connectivity index (χ0n) is 12.3. The smallest absolute Gasteiger partial charge is 0.165 e. The molecule has 1 N–H and O–H groups in total. The first-order chi connectivity index (χ1) is 10.2. The van der Waals surface area contributed by atoms with Crippen molar-refractivity contribution < 1.29 is 13.9 Å². The van der Waals surface area contributed by atoms with Crippen molar-refractivity contribution in [1.29, 1.82) is 0 Å². The van der Waals surface area contributed by atoms with E-state index in [2.05, 4.69) is 5.32 Å². The first-order valence-corrected chi connectivity index (χ1v) is 6.90. The summed E-state index contributed by atoms with van der Waals surface area (Å²) in [6.07, 6.45) is 0.685. The van der Waals surface area contributed by atoms with Gasteiger partial charge >= 0.3 is 0 Å². The molecule has 0 saturated heterocycles. The van der Waals surface area contributed by atoms with Gasteiger partial charge in [0.25, 0.3) is 0 Å². The molecule has 0 bridgehead atoms. The second-order valence-corrected chi connectivity index (χ2v) is 4.78. The molecular formula is C17H20FNO2. The van der Waals surface area contributed by atoms with Crippen molar-refractivity contribution in [3.8, 4) is 11.5 Å². The molecule has 0 heterocycles. The highest BCUT2D eigenvalue weighted by Gasteiger charge is 2.10. The lowest BCUT2D eigenvalue weighted by Gasteiger charge is -2.17. The van der Waals surface area contributed by atoms with E-state index in [1.807, 2.05) is 43.4 Å². The van der Waals surface area contributed by atoms with Gasteiger partial charge in [-0.05, 0) is 43.3 Å². The molecule has 0 aliphatic rings. The van der Waals surface area contributed by atoms with Gasteiger partial charge in [0.15, 0.2) is 11.6 Å². The number of hydrogen-bond donors (Lipinski definition) is 1. The average Bonchev–Trinajstić information content (AvgIpc) is 2.52. The molecule has 21 heavy (non-hydrogen) atoms. The Labute approximate surface area is 124 Å². The number of rotatable bonds is 7. The van der Waals surface area contributed by atoms with Gasteiger partial charge in [-0.1, -0.05) is 24.3 Å². The summed E-state index contributed by atoms with van der Waals surface area (Å²) >= 11 is 0. The topological polar surface area (TPSA) is 30.5 Å². The Hall–Kier alpha value is -2.07. The lowest BCUT2D eigenvalue weighted by molar-refractivity contribution is 0.269. The lowest BCUT2D eigenvalue weighted by Crippen LogP contribution is -2.33. The van der Waals surface area contributed by atoms with Crippen LogP contribution in [0.15, 0.2) is 48.5 Å². The Kier molecular flexibility index (Phi) is 5.58. The molecule has 1 atom stereocenters. The highest BCUT2D eigenvalue weighted by atomic mass is 19.1. The van der Waals surface area contributed by atoms with Crippen LogP contribution in [0.3, 0.4) is 0 Å². The van der Waals surface area contributed by atoms with E-state index in [4.69, 9.17) is 9.47 Å². The Morgan fingerprint density at radius 1 is 1.14 bits per heavy atom. The van der Waals surface area contributed by atoms with Crippen LogP contribution in [0.5, 0.6) is 11.5 Å². The summed E-state index contributed by atoms with van der Waals surface area (Å²) < 4.78 is 24.3. The minimum atomic E-state index is -0.339. The summed E-state index contributed by atoms with van der Waals surface area (Å²) in [6, 6.07) is 14.8. The van der Waals surface area contributed by atoms with Crippen molar-refractivity contribution >= 4 is 0 Å². The van der Waals surface area contributed by atoms with Crippen molar-refractivity contribution in [3.05, 3.63) is 59.9 Å². The van der Waals surface area contributed by atoms with Crippen LogP contribution < -0.4 is 14.8 Å². The van der Waals surface area contributed by atoms with E-state index in [0.717, 1.165) is 11.3 Å². The summed E-state index contributed by atoms with van der Waals surface area (Å²) in [5, 5.41) is 3.19. The summed E-state index contributed by atoms with van der Waals surface area (Å²) in [5.41, 5.74) is 0.907. The molecule has 0 radical (unpaired) electrons. The highest BCUT2D eigenvalue weighted by Crippen LogP contribution is 2.18. The van der Waals surface area contributed by atoms with E-state index in [9.17, 15) is 4.39 Å². The standard InChI is InChI=1S/C17H20FNO2/c1-19-14(12-21-15-6-4-3-5-7-15)10-13-8-9-17(20-2)16(18)11-13/h3-9,11,14,19H,10,12H2,1-2H3. The SMILES string of the molecule is CNC(COc1ccccc1)Cc1ccc(OC)c(F)c1. The molecule has 4 heteroatoms. The first kappa shape index (κ1) is 15.3. The van der Waals surface area contributed by atoms with E-state index >= 15 is 0 Å². The molecule has 0 fully saturated rings. The van der Waals surface area contributed by atoms with E-state index in [-0.39, 0.29) is 17.6 Å². The number of ether oxygens (including phenoxy) is 2. The third-order valence-corrected chi connectivity index (χ3v) is 3.30. The van der Waals surface area contributed by atoms with Gasteiger partial charge in [0, 0.05) is 6.04 Å². The first-order valence-electron chi connectivity index (χ1n) is 6.90.